The molecule has 1 aromatic rings. The quantitative estimate of drug-likeness (QED) is 0.859. The fourth-order valence-electron chi connectivity index (χ4n) is 0.912. The van der Waals surface area contributed by atoms with Crippen LogP contribution in [-0.4, -0.2) is 18.3 Å². The van der Waals surface area contributed by atoms with E-state index in [1.54, 1.807) is 0 Å². The molecule has 0 aliphatic carbocycles. The summed E-state index contributed by atoms with van der Waals surface area (Å²) in [5.74, 6) is 0.743. The van der Waals surface area contributed by atoms with Crippen LogP contribution in [-0.2, 0) is 0 Å². The largest absolute Gasteiger partial charge is 0.491 e. The smallest absolute Gasteiger partial charge is 0.121 e. The molecule has 0 unspecified atom stereocenters. The molecule has 0 atom stereocenters. The fourth-order valence-corrected chi connectivity index (χ4v) is 1.55. The van der Waals surface area contributed by atoms with Gasteiger partial charge in [0.2, 0.25) is 0 Å². The van der Waals surface area contributed by atoms with Crippen LogP contribution in [0.4, 0.5) is 0 Å². The van der Waals surface area contributed by atoms with Gasteiger partial charge in [0.05, 0.1) is 6.61 Å². The second kappa shape index (κ2) is 5.24. The molecule has 0 aliphatic heterocycles. The maximum atomic E-state index is 8.57. The molecule has 0 aliphatic rings. The third-order valence-electron chi connectivity index (χ3n) is 1.44. The first-order valence-corrected chi connectivity index (χ1v) is 4.91. The van der Waals surface area contributed by atoms with Crippen molar-refractivity contribution in [2.24, 2.45) is 0 Å². The Morgan fingerprint density at radius 3 is 2.85 bits per heavy atom. The van der Waals surface area contributed by atoms with E-state index in [4.69, 9.17) is 9.84 Å². The lowest BCUT2D eigenvalue weighted by Gasteiger charge is -2.05. The van der Waals surface area contributed by atoms with E-state index >= 15 is 0 Å². The molecule has 1 aromatic carbocycles. The summed E-state index contributed by atoms with van der Waals surface area (Å²) in [4.78, 5) is 0. The monoisotopic (exact) mass is 289 g/mol. The van der Waals surface area contributed by atoms with Crippen LogP contribution in [0.2, 0.25) is 0 Å². The van der Waals surface area contributed by atoms with Crippen molar-refractivity contribution in [2.45, 2.75) is 0 Å². The van der Waals surface area contributed by atoms with Crippen molar-refractivity contribution < 1.29 is 9.84 Å². The minimum Gasteiger partial charge on any atom is -0.491 e. The Balaban J connectivity index is 2.81. The zero-order chi connectivity index (χ0) is 9.68. The van der Waals surface area contributed by atoms with Gasteiger partial charge in [0.15, 0.2) is 0 Å². The van der Waals surface area contributed by atoms with Gasteiger partial charge < -0.3 is 9.84 Å². The molecule has 1 radical (unpaired) electrons. The van der Waals surface area contributed by atoms with Gasteiger partial charge in [0.1, 0.15) is 12.4 Å². The molecular formula is C10H10IO2. The van der Waals surface area contributed by atoms with Crippen LogP contribution < -0.4 is 4.74 Å². The molecule has 0 aromatic heterocycles. The number of rotatable bonds is 4. The Morgan fingerprint density at radius 1 is 1.46 bits per heavy atom. The van der Waals surface area contributed by atoms with Crippen LogP contribution in [0.1, 0.15) is 5.56 Å². The van der Waals surface area contributed by atoms with Crippen molar-refractivity contribution in [3.05, 3.63) is 40.0 Å². The molecule has 0 spiro atoms. The van der Waals surface area contributed by atoms with Crippen LogP contribution in [0, 0.1) is 9.65 Å². The van der Waals surface area contributed by atoms with E-state index in [1.165, 1.54) is 0 Å². The molecule has 2 nitrogen and oxygen atoms in total. The van der Waals surface area contributed by atoms with E-state index in [0.717, 1.165) is 14.9 Å². The lowest BCUT2D eigenvalue weighted by atomic mass is 10.2. The first kappa shape index (κ1) is 10.5. The highest BCUT2D eigenvalue weighted by atomic mass is 127. The standard InChI is InChI=1S/C10H10IO2/c1-2-8-5-9(11)7-10(6-8)13-4-3-12/h5-7,12H,1,3-4H2. The Bertz CT molecular complexity index is 297. The highest BCUT2D eigenvalue weighted by Crippen LogP contribution is 2.18. The first-order valence-electron chi connectivity index (χ1n) is 3.83. The summed E-state index contributed by atoms with van der Waals surface area (Å²) in [5.41, 5.74) is 0.903. The summed E-state index contributed by atoms with van der Waals surface area (Å²) in [5, 5.41) is 8.57. The molecule has 3 heteroatoms. The minimum atomic E-state index is 0.0264. The van der Waals surface area contributed by atoms with Gasteiger partial charge in [-0.05, 0) is 52.4 Å². The molecule has 1 rings (SSSR count). The Morgan fingerprint density at radius 2 is 2.23 bits per heavy atom. The van der Waals surface area contributed by atoms with Gasteiger partial charge in [-0.3, -0.25) is 0 Å². The SMILES string of the molecule is C=[C]c1cc(I)cc(OCCO)c1. The van der Waals surface area contributed by atoms with E-state index < -0.39 is 0 Å². The van der Waals surface area contributed by atoms with Gasteiger partial charge in [-0.15, -0.1) is 0 Å². The van der Waals surface area contributed by atoms with Gasteiger partial charge in [-0.2, -0.15) is 0 Å². The van der Waals surface area contributed by atoms with Crippen molar-refractivity contribution in [1.29, 1.82) is 0 Å². The molecule has 0 heterocycles. The van der Waals surface area contributed by atoms with Crippen molar-refractivity contribution >= 4 is 22.6 Å². The molecule has 0 bridgehead atoms. The lowest BCUT2D eigenvalue weighted by Crippen LogP contribution is -2.01. The number of aliphatic hydroxyl groups is 1. The number of ether oxygens (including phenoxy) is 1. The normalized spacial score (nSPS) is 9.69. The lowest BCUT2D eigenvalue weighted by molar-refractivity contribution is 0.201. The van der Waals surface area contributed by atoms with Crippen molar-refractivity contribution in [3.63, 3.8) is 0 Å². The molecule has 0 saturated heterocycles. The van der Waals surface area contributed by atoms with Crippen LogP contribution in [0.5, 0.6) is 5.75 Å². The molecular weight excluding hydrogens is 279 g/mol. The predicted octanol–water partition coefficient (Wildman–Crippen LogP) is 2.00. The van der Waals surface area contributed by atoms with Gasteiger partial charge in [0.25, 0.3) is 0 Å². The van der Waals surface area contributed by atoms with E-state index in [9.17, 15) is 0 Å². The second-order valence-corrected chi connectivity index (χ2v) is 3.67. The third-order valence-corrected chi connectivity index (χ3v) is 2.06. The maximum absolute atomic E-state index is 8.57. The second-order valence-electron chi connectivity index (χ2n) is 2.42. The number of hydrogen-bond donors (Lipinski definition) is 1. The number of aliphatic hydroxyl groups excluding tert-OH is 1. The average molecular weight is 289 g/mol. The van der Waals surface area contributed by atoms with Gasteiger partial charge in [-0.1, -0.05) is 6.58 Å². The predicted molar refractivity (Wildman–Crippen MR) is 59.7 cm³/mol. The molecule has 1 N–H and O–H groups in total. The molecule has 0 saturated carbocycles. The van der Waals surface area contributed by atoms with Crippen molar-refractivity contribution in [2.75, 3.05) is 13.2 Å². The summed E-state index contributed by atoms with van der Waals surface area (Å²) >= 11 is 2.20. The van der Waals surface area contributed by atoms with E-state index in [0.29, 0.717) is 6.61 Å². The molecule has 69 valence electrons. The average Bonchev–Trinajstić information content (AvgIpc) is 2.14. The number of hydrogen-bond acceptors (Lipinski definition) is 2. The van der Waals surface area contributed by atoms with Crippen molar-refractivity contribution in [1.82, 2.24) is 0 Å². The maximum Gasteiger partial charge on any atom is 0.121 e. The van der Waals surface area contributed by atoms with Crippen LogP contribution in [0.15, 0.2) is 24.8 Å². The first-order chi connectivity index (χ1) is 6.26. The fraction of sp³-hybridized carbons (Fsp3) is 0.200. The Labute approximate surface area is 91.4 Å². The zero-order valence-electron chi connectivity index (χ0n) is 7.09. The van der Waals surface area contributed by atoms with Gasteiger partial charge in [0, 0.05) is 3.57 Å². The molecule has 0 amide bonds. The topological polar surface area (TPSA) is 29.5 Å². The van der Waals surface area contributed by atoms with Crippen LogP contribution >= 0.6 is 22.6 Å². The molecule has 13 heavy (non-hydrogen) atoms. The summed E-state index contributed by atoms with van der Waals surface area (Å²) in [6, 6.07) is 5.70. The van der Waals surface area contributed by atoms with Gasteiger partial charge >= 0.3 is 0 Å². The summed E-state index contributed by atoms with van der Waals surface area (Å²) in [6.45, 7) is 3.90. The highest BCUT2D eigenvalue weighted by Gasteiger charge is 1.97. The summed E-state index contributed by atoms with van der Waals surface area (Å²) < 4.78 is 6.32. The Kier molecular flexibility index (Phi) is 4.24. The highest BCUT2D eigenvalue weighted by molar-refractivity contribution is 14.1. The van der Waals surface area contributed by atoms with E-state index in [2.05, 4.69) is 35.2 Å². The van der Waals surface area contributed by atoms with Crippen LogP contribution in [0.3, 0.4) is 0 Å². The van der Waals surface area contributed by atoms with E-state index in [1.807, 2.05) is 18.2 Å². The Hall–Kier alpha value is -0.550. The van der Waals surface area contributed by atoms with Gasteiger partial charge in [-0.25, -0.2) is 0 Å². The summed E-state index contributed by atoms with van der Waals surface area (Å²) in [7, 11) is 0. The number of halogens is 1. The summed E-state index contributed by atoms with van der Waals surface area (Å²) in [6.07, 6.45) is 2.79. The van der Waals surface area contributed by atoms with E-state index in [-0.39, 0.29) is 6.61 Å². The minimum absolute atomic E-state index is 0.0264. The number of benzene rings is 1. The zero-order valence-corrected chi connectivity index (χ0v) is 9.24. The third kappa shape index (κ3) is 3.36. The molecule has 0 fully saturated rings. The van der Waals surface area contributed by atoms with Crippen LogP contribution in [0.25, 0.3) is 0 Å². The van der Waals surface area contributed by atoms with Crippen molar-refractivity contribution in [3.8, 4) is 5.75 Å².